The lowest BCUT2D eigenvalue weighted by Gasteiger charge is -2.37. The highest BCUT2D eigenvalue weighted by atomic mass is 19.1. The van der Waals surface area contributed by atoms with Gasteiger partial charge >= 0.3 is 0 Å². The van der Waals surface area contributed by atoms with Crippen molar-refractivity contribution in [3.8, 4) is 0 Å². The van der Waals surface area contributed by atoms with Crippen molar-refractivity contribution in [3.63, 3.8) is 0 Å². The lowest BCUT2D eigenvalue weighted by atomic mass is 9.73. The molecule has 1 atom stereocenters. The zero-order chi connectivity index (χ0) is 11.1. The summed E-state index contributed by atoms with van der Waals surface area (Å²) in [4.78, 5) is 0. The summed E-state index contributed by atoms with van der Waals surface area (Å²) in [6, 6.07) is 6.34. The Kier molecular flexibility index (Phi) is 2.34. The molecule has 1 aromatic rings. The van der Waals surface area contributed by atoms with E-state index in [0.717, 1.165) is 19.3 Å². The van der Waals surface area contributed by atoms with Crippen LogP contribution in [-0.4, -0.2) is 5.11 Å². The van der Waals surface area contributed by atoms with Gasteiger partial charge in [0.1, 0.15) is 5.82 Å². The normalized spacial score (nSPS) is 29.3. The van der Waals surface area contributed by atoms with Crippen LogP contribution in [0.3, 0.4) is 0 Å². The molecule has 1 aliphatic rings. The van der Waals surface area contributed by atoms with Gasteiger partial charge in [-0.2, -0.15) is 0 Å². The number of aliphatic hydroxyl groups is 1. The van der Waals surface area contributed by atoms with Gasteiger partial charge in [-0.05, 0) is 42.4 Å². The minimum absolute atomic E-state index is 0.166. The van der Waals surface area contributed by atoms with Gasteiger partial charge in [-0.1, -0.05) is 26.0 Å². The van der Waals surface area contributed by atoms with E-state index < -0.39 is 5.60 Å². The molecule has 1 fully saturated rings. The minimum Gasteiger partial charge on any atom is -0.385 e. The van der Waals surface area contributed by atoms with Gasteiger partial charge in [0, 0.05) is 0 Å². The zero-order valence-corrected chi connectivity index (χ0v) is 9.26. The Balaban J connectivity index is 2.45. The first kappa shape index (κ1) is 10.6. The first-order chi connectivity index (χ1) is 6.96. The fourth-order valence-electron chi connectivity index (χ4n) is 2.61. The fraction of sp³-hybridized carbons (Fsp3) is 0.538. The molecule has 0 aliphatic heterocycles. The summed E-state index contributed by atoms with van der Waals surface area (Å²) in [6.07, 6.45) is 2.71. The molecule has 1 nitrogen and oxygen atoms in total. The highest BCUT2D eigenvalue weighted by Gasteiger charge is 2.48. The van der Waals surface area contributed by atoms with Crippen molar-refractivity contribution >= 4 is 0 Å². The van der Waals surface area contributed by atoms with Crippen LogP contribution in [0.1, 0.15) is 38.7 Å². The van der Waals surface area contributed by atoms with Gasteiger partial charge in [-0.25, -0.2) is 4.39 Å². The van der Waals surface area contributed by atoms with Crippen LogP contribution in [0.25, 0.3) is 0 Å². The van der Waals surface area contributed by atoms with E-state index in [1.54, 1.807) is 6.07 Å². The SMILES string of the molecule is CC1(C)CCCC1(O)c1cccc(F)c1. The predicted molar refractivity (Wildman–Crippen MR) is 57.9 cm³/mol. The van der Waals surface area contributed by atoms with Gasteiger partial charge in [0.25, 0.3) is 0 Å². The molecule has 2 heteroatoms. The van der Waals surface area contributed by atoms with Gasteiger partial charge in [-0.3, -0.25) is 0 Å². The molecule has 2 rings (SSSR count). The second-order valence-corrected chi connectivity index (χ2v) is 5.11. The van der Waals surface area contributed by atoms with E-state index in [2.05, 4.69) is 0 Å². The summed E-state index contributed by atoms with van der Waals surface area (Å²) in [5, 5.41) is 10.6. The summed E-state index contributed by atoms with van der Waals surface area (Å²) in [6.45, 7) is 4.09. The Morgan fingerprint density at radius 1 is 1.27 bits per heavy atom. The third-order valence-electron chi connectivity index (χ3n) is 3.76. The number of hydrogen-bond acceptors (Lipinski definition) is 1. The maximum absolute atomic E-state index is 13.1. The third kappa shape index (κ3) is 1.57. The van der Waals surface area contributed by atoms with Crippen molar-refractivity contribution in [1.29, 1.82) is 0 Å². The molecule has 0 aromatic heterocycles. The van der Waals surface area contributed by atoms with Gasteiger partial charge in [0.15, 0.2) is 0 Å². The molecule has 15 heavy (non-hydrogen) atoms. The van der Waals surface area contributed by atoms with E-state index in [1.807, 2.05) is 19.9 Å². The predicted octanol–water partition coefficient (Wildman–Crippen LogP) is 3.22. The van der Waals surface area contributed by atoms with E-state index in [-0.39, 0.29) is 11.2 Å². The molecule has 0 amide bonds. The quantitative estimate of drug-likeness (QED) is 0.751. The molecule has 0 heterocycles. The summed E-state index contributed by atoms with van der Waals surface area (Å²) < 4.78 is 13.1. The molecule has 82 valence electrons. The van der Waals surface area contributed by atoms with Crippen LogP contribution in [-0.2, 0) is 5.60 Å². The second kappa shape index (κ2) is 3.31. The number of halogens is 1. The van der Waals surface area contributed by atoms with Crippen molar-refractivity contribution in [2.75, 3.05) is 0 Å². The molecule has 0 radical (unpaired) electrons. The Hall–Kier alpha value is -0.890. The lowest BCUT2D eigenvalue weighted by molar-refractivity contribution is -0.0487. The molecule has 0 saturated heterocycles. The molecule has 0 bridgehead atoms. The van der Waals surface area contributed by atoms with Gasteiger partial charge in [0.05, 0.1) is 5.60 Å². The van der Waals surface area contributed by atoms with Crippen molar-refractivity contribution in [2.45, 2.75) is 38.7 Å². The lowest BCUT2D eigenvalue weighted by Crippen LogP contribution is -2.36. The topological polar surface area (TPSA) is 20.2 Å². The Morgan fingerprint density at radius 3 is 2.53 bits per heavy atom. The van der Waals surface area contributed by atoms with E-state index >= 15 is 0 Å². The number of rotatable bonds is 1. The Labute approximate surface area is 89.9 Å². The second-order valence-electron chi connectivity index (χ2n) is 5.11. The molecule has 1 unspecified atom stereocenters. The minimum atomic E-state index is -0.866. The first-order valence-corrected chi connectivity index (χ1v) is 5.44. The van der Waals surface area contributed by atoms with Crippen molar-refractivity contribution in [1.82, 2.24) is 0 Å². The van der Waals surface area contributed by atoms with E-state index in [1.165, 1.54) is 12.1 Å². The average molecular weight is 208 g/mol. The standard InChI is InChI=1S/C13H17FO/c1-12(2)7-4-8-13(12,15)10-5-3-6-11(14)9-10/h3,5-6,9,15H,4,7-8H2,1-2H3. The molecule has 1 saturated carbocycles. The van der Waals surface area contributed by atoms with Gasteiger partial charge in [-0.15, -0.1) is 0 Å². The summed E-state index contributed by atoms with van der Waals surface area (Å²) in [5.74, 6) is -0.274. The first-order valence-electron chi connectivity index (χ1n) is 5.44. The summed E-state index contributed by atoms with van der Waals surface area (Å²) in [5.41, 5.74) is -0.319. The smallest absolute Gasteiger partial charge is 0.123 e. The maximum atomic E-state index is 13.1. The Morgan fingerprint density at radius 2 is 2.00 bits per heavy atom. The van der Waals surface area contributed by atoms with Crippen LogP contribution in [0.4, 0.5) is 4.39 Å². The molecular formula is C13H17FO. The van der Waals surface area contributed by atoms with Crippen molar-refractivity contribution < 1.29 is 9.50 Å². The third-order valence-corrected chi connectivity index (χ3v) is 3.76. The van der Waals surface area contributed by atoms with Gasteiger partial charge < -0.3 is 5.11 Å². The fourth-order valence-corrected chi connectivity index (χ4v) is 2.61. The van der Waals surface area contributed by atoms with Crippen LogP contribution < -0.4 is 0 Å². The van der Waals surface area contributed by atoms with Crippen LogP contribution in [0.2, 0.25) is 0 Å². The van der Waals surface area contributed by atoms with Gasteiger partial charge in [0.2, 0.25) is 0 Å². The molecule has 1 aromatic carbocycles. The van der Waals surface area contributed by atoms with Crippen LogP contribution in [0, 0.1) is 11.2 Å². The number of benzene rings is 1. The Bertz CT molecular complexity index is 373. The monoisotopic (exact) mass is 208 g/mol. The van der Waals surface area contributed by atoms with Crippen LogP contribution in [0.15, 0.2) is 24.3 Å². The molecule has 1 N–H and O–H groups in total. The van der Waals surface area contributed by atoms with Crippen molar-refractivity contribution in [2.24, 2.45) is 5.41 Å². The van der Waals surface area contributed by atoms with Crippen molar-refractivity contribution in [3.05, 3.63) is 35.6 Å². The number of hydrogen-bond donors (Lipinski definition) is 1. The highest BCUT2D eigenvalue weighted by molar-refractivity contribution is 5.27. The summed E-state index contributed by atoms with van der Waals surface area (Å²) in [7, 11) is 0. The highest BCUT2D eigenvalue weighted by Crippen LogP contribution is 2.52. The van der Waals surface area contributed by atoms with Crippen LogP contribution >= 0.6 is 0 Å². The summed E-state index contributed by atoms with van der Waals surface area (Å²) >= 11 is 0. The molecule has 0 spiro atoms. The van der Waals surface area contributed by atoms with E-state index in [9.17, 15) is 9.50 Å². The largest absolute Gasteiger partial charge is 0.385 e. The van der Waals surface area contributed by atoms with E-state index in [4.69, 9.17) is 0 Å². The van der Waals surface area contributed by atoms with E-state index in [0.29, 0.717) is 5.56 Å². The maximum Gasteiger partial charge on any atom is 0.123 e. The van der Waals surface area contributed by atoms with Crippen LogP contribution in [0.5, 0.6) is 0 Å². The average Bonchev–Trinajstić information content (AvgIpc) is 2.43. The zero-order valence-electron chi connectivity index (χ0n) is 9.26. The molecule has 1 aliphatic carbocycles. The molecular weight excluding hydrogens is 191 g/mol.